The molecule has 150 valence electrons. The van der Waals surface area contributed by atoms with Gasteiger partial charge in [0.2, 0.25) is 0 Å². The van der Waals surface area contributed by atoms with E-state index >= 15 is 0 Å². The summed E-state index contributed by atoms with van der Waals surface area (Å²) in [4.78, 5) is 45.6. The van der Waals surface area contributed by atoms with E-state index in [-0.39, 0.29) is 11.1 Å². The number of hydrogen-bond acceptors (Lipinski definition) is 5. The Hall–Kier alpha value is -2.93. The molecule has 7 nitrogen and oxygen atoms in total. The molecule has 2 bridgehead atoms. The van der Waals surface area contributed by atoms with Gasteiger partial charge in [0.25, 0.3) is 11.8 Å². The van der Waals surface area contributed by atoms with E-state index in [4.69, 9.17) is 4.84 Å². The molecule has 4 aliphatic rings. The summed E-state index contributed by atoms with van der Waals surface area (Å²) in [5.41, 5.74) is 2.72. The van der Waals surface area contributed by atoms with Gasteiger partial charge in [0.15, 0.2) is 0 Å². The number of imide groups is 1. The number of carbonyl (C=O) groups excluding carboxylic acids is 3. The summed E-state index contributed by atoms with van der Waals surface area (Å²) >= 11 is 0. The van der Waals surface area contributed by atoms with Crippen molar-refractivity contribution in [1.82, 2.24) is 14.5 Å². The van der Waals surface area contributed by atoms with E-state index in [0.717, 1.165) is 31.0 Å². The molecule has 2 aromatic rings. The van der Waals surface area contributed by atoms with E-state index in [1.807, 2.05) is 13.8 Å². The van der Waals surface area contributed by atoms with Crippen LogP contribution < -0.4 is 0 Å². The summed E-state index contributed by atoms with van der Waals surface area (Å²) in [6.45, 7) is 7.19. The van der Waals surface area contributed by atoms with Crippen LogP contribution >= 0.6 is 0 Å². The molecular weight excluding hydrogens is 370 g/mol. The zero-order chi connectivity index (χ0) is 20.3. The maximum absolute atomic E-state index is 12.9. The van der Waals surface area contributed by atoms with Crippen molar-refractivity contribution in [1.29, 1.82) is 0 Å². The Morgan fingerprint density at radius 2 is 1.66 bits per heavy atom. The van der Waals surface area contributed by atoms with Crippen LogP contribution in [0.25, 0.3) is 0 Å². The second-order valence-corrected chi connectivity index (χ2v) is 8.19. The van der Waals surface area contributed by atoms with Gasteiger partial charge in [0.1, 0.15) is 0 Å². The van der Waals surface area contributed by atoms with E-state index in [0.29, 0.717) is 22.6 Å². The molecule has 0 N–H and O–H groups in total. The molecule has 3 fully saturated rings. The minimum atomic E-state index is -0.680. The number of carbonyl (C=O) groups is 3. The fourth-order valence-electron chi connectivity index (χ4n) is 5.10. The summed E-state index contributed by atoms with van der Waals surface area (Å²) in [5.74, 6) is -1.28. The van der Waals surface area contributed by atoms with Crippen LogP contribution in [0.5, 0.6) is 0 Å². The number of hydroxylamine groups is 2. The predicted molar refractivity (Wildman–Crippen MR) is 104 cm³/mol. The number of piperidine rings is 3. The first kappa shape index (κ1) is 18.1. The maximum atomic E-state index is 12.9. The topological polar surface area (TPSA) is 71.8 Å². The molecular formula is C22H23N3O4. The van der Waals surface area contributed by atoms with Crippen molar-refractivity contribution >= 4 is 17.8 Å². The lowest BCUT2D eigenvalue weighted by Crippen LogP contribution is -2.48. The Bertz CT molecular complexity index is 998. The molecule has 2 amide bonds. The molecule has 7 heteroatoms. The average Bonchev–Trinajstić information content (AvgIpc) is 3.17. The van der Waals surface area contributed by atoms with Gasteiger partial charge in [-0.2, -0.15) is 0 Å². The summed E-state index contributed by atoms with van der Waals surface area (Å²) in [5, 5.41) is 0.577. The Morgan fingerprint density at radius 1 is 1.03 bits per heavy atom. The fourth-order valence-corrected chi connectivity index (χ4v) is 5.10. The number of aryl methyl sites for hydroxylation is 1. The SMILES string of the molecule is Cc1cc(C(=O)ON2C(=O)c3ccccc3C2=O)c(C)n1C1CN2CCC1CC2. The van der Waals surface area contributed by atoms with Gasteiger partial charge < -0.3 is 14.3 Å². The van der Waals surface area contributed by atoms with Crippen molar-refractivity contribution < 1.29 is 19.2 Å². The van der Waals surface area contributed by atoms with Crippen LogP contribution in [0, 0.1) is 19.8 Å². The Morgan fingerprint density at radius 3 is 2.21 bits per heavy atom. The van der Waals surface area contributed by atoms with Crippen LogP contribution in [0.15, 0.2) is 30.3 Å². The fraction of sp³-hybridized carbons (Fsp3) is 0.409. The van der Waals surface area contributed by atoms with E-state index in [2.05, 4.69) is 9.47 Å². The van der Waals surface area contributed by atoms with Gasteiger partial charge in [0, 0.05) is 24.0 Å². The Balaban J connectivity index is 1.40. The van der Waals surface area contributed by atoms with Crippen LogP contribution in [-0.4, -0.2) is 51.9 Å². The number of hydrogen-bond donors (Lipinski definition) is 0. The molecule has 29 heavy (non-hydrogen) atoms. The van der Waals surface area contributed by atoms with Crippen molar-refractivity contribution in [2.24, 2.45) is 5.92 Å². The van der Waals surface area contributed by atoms with Crippen molar-refractivity contribution in [3.63, 3.8) is 0 Å². The van der Waals surface area contributed by atoms with E-state index in [1.165, 1.54) is 12.8 Å². The molecule has 1 aromatic carbocycles. The normalized spacial score (nSPS) is 25.4. The molecule has 0 spiro atoms. The van der Waals surface area contributed by atoms with Crippen molar-refractivity contribution in [2.75, 3.05) is 19.6 Å². The Labute approximate surface area is 168 Å². The highest BCUT2D eigenvalue weighted by Crippen LogP contribution is 2.38. The minimum Gasteiger partial charge on any atom is -0.344 e. The molecule has 5 heterocycles. The lowest BCUT2D eigenvalue weighted by Gasteiger charge is -2.46. The number of amides is 2. The smallest absolute Gasteiger partial charge is 0.344 e. The van der Waals surface area contributed by atoms with Gasteiger partial charge in [-0.3, -0.25) is 9.59 Å². The molecule has 0 aliphatic carbocycles. The third kappa shape index (κ3) is 2.72. The van der Waals surface area contributed by atoms with E-state index in [1.54, 1.807) is 30.3 Å². The van der Waals surface area contributed by atoms with Gasteiger partial charge in [-0.05, 0) is 63.9 Å². The summed E-state index contributed by atoms with van der Waals surface area (Å²) in [6, 6.07) is 8.62. The van der Waals surface area contributed by atoms with Gasteiger partial charge in [-0.15, -0.1) is 0 Å². The molecule has 4 aliphatic heterocycles. The number of aromatic nitrogens is 1. The largest absolute Gasteiger partial charge is 0.365 e. The second-order valence-electron chi connectivity index (χ2n) is 8.19. The first-order valence-electron chi connectivity index (χ1n) is 10.1. The summed E-state index contributed by atoms with van der Waals surface area (Å²) in [6.07, 6.45) is 2.35. The van der Waals surface area contributed by atoms with E-state index in [9.17, 15) is 14.4 Å². The minimum absolute atomic E-state index is 0.253. The number of fused-ring (bicyclic) bond motifs is 4. The molecule has 1 atom stereocenters. The van der Waals surface area contributed by atoms with Crippen LogP contribution in [0.2, 0.25) is 0 Å². The highest BCUT2D eigenvalue weighted by atomic mass is 16.7. The lowest BCUT2D eigenvalue weighted by atomic mass is 9.83. The first-order chi connectivity index (χ1) is 14.0. The lowest BCUT2D eigenvalue weighted by molar-refractivity contribution is -0.0585. The first-order valence-corrected chi connectivity index (χ1v) is 10.1. The van der Waals surface area contributed by atoms with Crippen LogP contribution in [0.3, 0.4) is 0 Å². The monoisotopic (exact) mass is 393 g/mol. The van der Waals surface area contributed by atoms with Crippen molar-refractivity contribution in [3.8, 4) is 0 Å². The number of nitrogens with zero attached hydrogens (tertiary/aromatic N) is 3. The quantitative estimate of drug-likeness (QED) is 0.750. The predicted octanol–water partition coefficient (Wildman–Crippen LogP) is 2.74. The number of benzene rings is 1. The van der Waals surface area contributed by atoms with E-state index < -0.39 is 17.8 Å². The molecule has 1 unspecified atom stereocenters. The van der Waals surface area contributed by atoms with Crippen molar-refractivity contribution in [2.45, 2.75) is 32.7 Å². The van der Waals surface area contributed by atoms with Crippen molar-refractivity contribution in [3.05, 3.63) is 58.4 Å². The number of rotatable bonds is 3. The van der Waals surface area contributed by atoms with Gasteiger partial charge in [0.05, 0.1) is 16.7 Å². The van der Waals surface area contributed by atoms with Gasteiger partial charge in [-0.1, -0.05) is 17.2 Å². The van der Waals surface area contributed by atoms with Gasteiger partial charge >= 0.3 is 5.97 Å². The average molecular weight is 393 g/mol. The third-order valence-electron chi connectivity index (χ3n) is 6.59. The maximum Gasteiger partial charge on any atom is 0.365 e. The molecule has 3 saturated heterocycles. The second kappa shape index (κ2) is 6.56. The van der Waals surface area contributed by atoms with Crippen LogP contribution in [-0.2, 0) is 4.84 Å². The highest BCUT2D eigenvalue weighted by Gasteiger charge is 2.40. The molecule has 1 aromatic heterocycles. The summed E-state index contributed by atoms with van der Waals surface area (Å²) < 4.78 is 2.23. The zero-order valence-electron chi connectivity index (χ0n) is 16.6. The Kier molecular flexibility index (Phi) is 4.10. The van der Waals surface area contributed by atoms with Crippen LogP contribution in [0.1, 0.15) is 61.3 Å². The van der Waals surface area contributed by atoms with Crippen LogP contribution in [0.4, 0.5) is 0 Å². The summed E-state index contributed by atoms with van der Waals surface area (Å²) in [7, 11) is 0. The zero-order valence-corrected chi connectivity index (χ0v) is 16.6. The van der Waals surface area contributed by atoms with Gasteiger partial charge in [-0.25, -0.2) is 4.79 Å². The third-order valence-corrected chi connectivity index (χ3v) is 6.59. The molecule has 0 saturated carbocycles. The highest BCUT2D eigenvalue weighted by molar-refractivity contribution is 6.21. The molecule has 6 rings (SSSR count). The standard InChI is InChI=1S/C22H23N3O4/c1-13-11-18(14(2)24(13)19-12-23-9-7-15(19)8-10-23)22(28)29-25-20(26)16-5-3-4-6-17(16)21(25)27/h3-6,11,15,19H,7-10,12H2,1-2H3. The molecule has 0 radical (unpaired) electrons.